The first-order valence-electron chi connectivity index (χ1n) is 5.61. The van der Waals surface area contributed by atoms with Crippen LogP contribution in [0, 0.1) is 5.41 Å². The molecular weight excluding hydrogens is 250 g/mol. The number of nitrogens with zero attached hydrogens (tertiary/aromatic N) is 2. The second-order valence-electron chi connectivity index (χ2n) is 4.91. The number of carbonyl (C=O) groups is 1. The quantitative estimate of drug-likeness (QED) is 0.925. The SMILES string of the molecule is CC(C)(C)C(=O)NCc1nnc(-c2cccs2)o1. The van der Waals surface area contributed by atoms with Crippen molar-refractivity contribution in [1.29, 1.82) is 0 Å². The molecule has 0 fully saturated rings. The van der Waals surface area contributed by atoms with Crippen molar-refractivity contribution in [3.05, 3.63) is 23.4 Å². The van der Waals surface area contributed by atoms with Gasteiger partial charge < -0.3 is 9.73 Å². The number of amides is 1. The van der Waals surface area contributed by atoms with E-state index in [2.05, 4.69) is 15.5 Å². The number of aromatic nitrogens is 2. The molecule has 6 heteroatoms. The molecule has 0 radical (unpaired) electrons. The topological polar surface area (TPSA) is 68.0 Å². The van der Waals surface area contributed by atoms with Crippen LogP contribution >= 0.6 is 11.3 Å². The van der Waals surface area contributed by atoms with Gasteiger partial charge in [-0.1, -0.05) is 26.8 Å². The monoisotopic (exact) mass is 265 g/mol. The smallest absolute Gasteiger partial charge is 0.257 e. The summed E-state index contributed by atoms with van der Waals surface area (Å²) in [6, 6.07) is 3.83. The first-order valence-corrected chi connectivity index (χ1v) is 6.49. The fourth-order valence-corrected chi connectivity index (χ4v) is 1.89. The zero-order valence-corrected chi connectivity index (χ0v) is 11.4. The summed E-state index contributed by atoms with van der Waals surface area (Å²) in [6.45, 7) is 5.82. The third-order valence-electron chi connectivity index (χ3n) is 2.28. The molecule has 0 aromatic carbocycles. The molecule has 0 atom stereocenters. The summed E-state index contributed by atoms with van der Waals surface area (Å²) in [4.78, 5) is 12.6. The van der Waals surface area contributed by atoms with Crippen LogP contribution in [0.3, 0.4) is 0 Å². The van der Waals surface area contributed by atoms with Crippen molar-refractivity contribution in [1.82, 2.24) is 15.5 Å². The van der Waals surface area contributed by atoms with Gasteiger partial charge in [0, 0.05) is 5.41 Å². The fraction of sp³-hybridized carbons (Fsp3) is 0.417. The van der Waals surface area contributed by atoms with Crippen molar-refractivity contribution in [3.8, 4) is 10.8 Å². The van der Waals surface area contributed by atoms with E-state index in [4.69, 9.17) is 4.42 Å². The zero-order valence-electron chi connectivity index (χ0n) is 10.6. The molecule has 1 amide bonds. The average molecular weight is 265 g/mol. The predicted molar refractivity (Wildman–Crippen MR) is 68.9 cm³/mol. The van der Waals surface area contributed by atoms with Gasteiger partial charge in [-0.3, -0.25) is 4.79 Å². The second kappa shape index (κ2) is 4.89. The molecule has 0 aliphatic carbocycles. The first kappa shape index (κ1) is 12.8. The molecule has 0 unspecified atom stereocenters. The Morgan fingerprint density at radius 3 is 2.83 bits per heavy atom. The van der Waals surface area contributed by atoms with Gasteiger partial charge >= 0.3 is 0 Å². The maximum atomic E-state index is 11.7. The van der Waals surface area contributed by atoms with Crippen LogP contribution in [0.1, 0.15) is 26.7 Å². The summed E-state index contributed by atoms with van der Waals surface area (Å²) in [5.74, 6) is 0.861. The van der Waals surface area contributed by atoms with Gasteiger partial charge in [0.05, 0.1) is 11.4 Å². The van der Waals surface area contributed by atoms with E-state index in [0.717, 1.165) is 4.88 Å². The molecule has 2 aromatic heterocycles. The van der Waals surface area contributed by atoms with Crippen molar-refractivity contribution in [2.75, 3.05) is 0 Å². The van der Waals surface area contributed by atoms with E-state index in [0.29, 0.717) is 11.8 Å². The molecule has 2 rings (SSSR count). The lowest BCUT2D eigenvalue weighted by Gasteiger charge is -2.16. The van der Waals surface area contributed by atoms with Crippen LogP contribution in [0.25, 0.3) is 10.8 Å². The summed E-state index contributed by atoms with van der Waals surface area (Å²) in [6.07, 6.45) is 0. The number of rotatable bonds is 3. The van der Waals surface area contributed by atoms with Gasteiger partial charge in [-0.05, 0) is 11.4 Å². The van der Waals surface area contributed by atoms with E-state index < -0.39 is 5.41 Å². The van der Waals surface area contributed by atoms with Crippen LogP contribution < -0.4 is 5.32 Å². The molecule has 2 heterocycles. The highest BCUT2D eigenvalue weighted by molar-refractivity contribution is 7.13. The van der Waals surface area contributed by atoms with E-state index >= 15 is 0 Å². The molecule has 1 N–H and O–H groups in total. The summed E-state index contributed by atoms with van der Waals surface area (Å²) >= 11 is 1.53. The number of hydrogen-bond donors (Lipinski definition) is 1. The van der Waals surface area contributed by atoms with Crippen LogP contribution in [0.5, 0.6) is 0 Å². The number of hydrogen-bond acceptors (Lipinski definition) is 5. The maximum Gasteiger partial charge on any atom is 0.257 e. The molecule has 5 nitrogen and oxygen atoms in total. The van der Waals surface area contributed by atoms with Crippen LogP contribution in [-0.2, 0) is 11.3 Å². The molecule has 0 aliphatic heterocycles. The Kier molecular flexibility index (Phi) is 3.47. The fourth-order valence-electron chi connectivity index (χ4n) is 1.25. The van der Waals surface area contributed by atoms with Gasteiger partial charge in [0.25, 0.3) is 5.89 Å². The minimum Gasteiger partial charge on any atom is -0.418 e. The summed E-state index contributed by atoms with van der Waals surface area (Å²) < 4.78 is 5.46. The van der Waals surface area contributed by atoms with Crippen LogP contribution in [0.2, 0.25) is 0 Å². The van der Waals surface area contributed by atoms with Crippen molar-refractivity contribution in [2.24, 2.45) is 5.41 Å². The molecule has 0 aliphatic rings. The van der Waals surface area contributed by atoms with Crippen molar-refractivity contribution < 1.29 is 9.21 Å². The lowest BCUT2D eigenvalue weighted by Crippen LogP contribution is -2.34. The van der Waals surface area contributed by atoms with Crippen LogP contribution in [-0.4, -0.2) is 16.1 Å². The predicted octanol–water partition coefficient (Wildman–Crippen LogP) is 2.46. The third-order valence-corrected chi connectivity index (χ3v) is 3.14. The van der Waals surface area contributed by atoms with Gasteiger partial charge in [-0.15, -0.1) is 21.5 Å². The Bertz CT molecular complexity index is 526. The molecule has 0 spiro atoms. The van der Waals surface area contributed by atoms with Crippen LogP contribution in [0.15, 0.2) is 21.9 Å². The van der Waals surface area contributed by atoms with Gasteiger partial charge in [0.15, 0.2) is 0 Å². The number of nitrogens with one attached hydrogen (secondary N) is 1. The van der Waals surface area contributed by atoms with Gasteiger partial charge in [-0.2, -0.15) is 0 Å². The minimum absolute atomic E-state index is 0.0432. The minimum atomic E-state index is -0.420. The van der Waals surface area contributed by atoms with Gasteiger partial charge in [0.2, 0.25) is 11.8 Å². The highest BCUT2D eigenvalue weighted by Crippen LogP contribution is 2.22. The number of carbonyl (C=O) groups excluding carboxylic acids is 1. The Balaban J connectivity index is 1.98. The largest absolute Gasteiger partial charge is 0.418 e. The van der Waals surface area contributed by atoms with Crippen LogP contribution in [0.4, 0.5) is 0 Å². The number of thiophene rings is 1. The van der Waals surface area contributed by atoms with E-state index in [1.807, 2.05) is 38.3 Å². The Morgan fingerprint density at radius 1 is 1.44 bits per heavy atom. The Labute approximate surface area is 109 Å². The second-order valence-corrected chi connectivity index (χ2v) is 5.86. The molecule has 0 saturated heterocycles. The lowest BCUT2D eigenvalue weighted by atomic mass is 9.96. The van der Waals surface area contributed by atoms with Crippen molar-refractivity contribution in [2.45, 2.75) is 27.3 Å². The molecule has 96 valence electrons. The molecule has 18 heavy (non-hydrogen) atoms. The highest BCUT2D eigenvalue weighted by atomic mass is 32.1. The normalized spacial score (nSPS) is 11.5. The van der Waals surface area contributed by atoms with E-state index in [1.165, 1.54) is 11.3 Å². The Hall–Kier alpha value is -1.69. The van der Waals surface area contributed by atoms with Gasteiger partial charge in [0.1, 0.15) is 0 Å². The average Bonchev–Trinajstić information content (AvgIpc) is 2.94. The van der Waals surface area contributed by atoms with E-state index in [9.17, 15) is 4.79 Å². The first-order chi connectivity index (χ1) is 8.47. The zero-order chi connectivity index (χ0) is 13.2. The maximum absolute atomic E-state index is 11.7. The third kappa shape index (κ3) is 2.95. The lowest BCUT2D eigenvalue weighted by molar-refractivity contribution is -0.128. The van der Waals surface area contributed by atoms with Gasteiger partial charge in [-0.25, -0.2) is 0 Å². The highest BCUT2D eigenvalue weighted by Gasteiger charge is 2.21. The standard InChI is InChI=1S/C12H15N3O2S/c1-12(2,3)11(16)13-7-9-14-15-10(17-9)8-5-4-6-18-8/h4-6H,7H2,1-3H3,(H,13,16). The van der Waals surface area contributed by atoms with E-state index in [1.54, 1.807) is 0 Å². The van der Waals surface area contributed by atoms with Crippen molar-refractivity contribution in [3.63, 3.8) is 0 Å². The Morgan fingerprint density at radius 2 is 2.22 bits per heavy atom. The van der Waals surface area contributed by atoms with E-state index in [-0.39, 0.29) is 12.5 Å². The summed E-state index contributed by atoms with van der Waals surface area (Å²) in [5, 5.41) is 12.6. The molecule has 2 aromatic rings. The molecular formula is C12H15N3O2S. The summed E-state index contributed by atoms with van der Waals surface area (Å²) in [5.41, 5.74) is -0.420. The molecule has 0 saturated carbocycles. The van der Waals surface area contributed by atoms with Crippen molar-refractivity contribution >= 4 is 17.2 Å². The summed E-state index contributed by atoms with van der Waals surface area (Å²) in [7, 11) is 0. The molecule has 0 bridgehead atoms.